The molecule has 0 aliphatic carbocycles. The molecule has 1 amide bonds. The second-order valence-electron chi connectivity index (χ2n) is 4.80. The number of anilines is 1. The molecule has 0 aliphatic rings. The van der Waals surface area contributed by atoms with Crippen molar-refractivity contribution in [2.24, 2.45) is 0 Å². The van der Waals surface area contributed by atoms with E-state index in [1.807, 2.05) is 0 Å². The molecule has 116 valence electrons. The van der Waals surface area contributed by atoms with Gasteiger partial charge in [-0.15, -0.1) is 0 Å². The summed E-state index contributed by atoms with van der Waals surface area (Å²) in [6.45, 7) is 1.68. The van der Waals surface area contributed by atoms with Gasteiger partial charge in [-0.1, -0.05) is 28.9 Å². The molecule has 1 N–H and O–H groups in total. The highest BCUT2D eigenvalue weighted by atomic mass is 35.5. The average molecular weight is 332 g/mol. The molecule has 0 unspecified atom stereocenters. The van der Waals surface area contributed by atoms with Crippen molar-refractivity contribution in [3.63, 3.8) is 0 Å². The quantitative estimate of drug-likeness (QED) is 0.785. The Morgan fingerprint density at radius 3 is 2.78 bits per heavy atom. The maximum atomic E-state index is 13.0. The predicted octanol–water partition coefficient (Wildman–Crippen LogP) is 4.09. The van der Waals surface area contributed by atoms with E-state index in [9.17, 15) is 9.18 Å². The Hall–Kier alpha value is -2.73. The van der Waals surface area contributed by atoms with Gasteiger partial charge in [0, 0.05) is 18.1 Å². The van der Waals surface area contributed by atoms with Crippen molar-refractivity contribution in [1.82, 2.24) is 10.1 Å². The molecule has 0 fully saturated rings. The Morgan fingerprint density at radius 2 is 2.09 bits per heavy atom. The van der Waals surface area contributed by atoms with Gasteiger partial charge in [0.25, 0.3) is 5.91 Å². The van der Waals surface area contributed by atoms with Gasteiger partial charge in [-0.05, 0) is 30.3 Å². The Bertz CT molecular complexity index is 879. The molecule has 7 heteroatoms. The van der Waals surface area contributed by atoms with Crippen LogP contribution < -0.4 is 5.32 Å². The van der Waals surface area contributed by atoms with Gasteiger partial charge in [-0.3, -0.25) is 4.79 Å². The van der Waals surface area contributed by atoms with Crippen LogP contribution in [0.25, 0.3) is 11.4 Å². The molecule has 0 bridgehead atoms. The molecule has 0 atom stereocenters. The first-order valence-corrected chi connectivity index (χ1v) is 7.08. The molecule has 3 rings (SSSR count). The first-order valence-electron chi connectivity index (χ1n) is 6.70. The smallest absolute Gasteiger partial charge is 0.255 e. The van der Waals surface area contributed by atoms with Crippen LogP contribution in [-0.4, -0.2) is 16.0 Å². The number of aromatic nitrogens is 2. The predicted molar refractivity (Wildman–Crippen MR) is 83.8 cm³/mol. The number of hydrogen-bond acceptors (Lipinski definition) is 4. The number of nitrogens with one attached hydrogen (secondary N) is 1. The van der Waals surface area contributed by atoms with Gasteiger partial charge in [0.15, 0.2) is 0 Å². The lowest BCUT2D eigenvalue weighted by Gasteiger charge is -2.08. The zero-order valence-corrected chi connectivity index (χ0v) is 12.8. The zero-order valence-electron chi connectivity index (χ0n) is 12.0. The van der Waals surface area contributed by atoms with Crippen LogP contribution in [0.2, 0.25) is 5.02 Å². The van der Waals surface area contributed by atoms with Gasteiger partial charge in [0.1, 0.15) is 5.82 Å². The van der Waals surface area contributed by atoms with Crippen LogP contribution >= 0.6 is 11.6 Å². The number of hydrogen-bond donors (Lipinski definition) is 1. The summed E-state index contributed by atoms with van der Waals surface area (Å²) in [5, 5.41) is 6.58. The maximum Gasteiger partial charge on any atom is 0.255 e. The fourth-order valence-electron chi connectivity index (χ4n) is 2.00. The van der Waals surface area contributed by atoms with E-state index in [1.54, 1.807) is 31.2 Å². The summed E-state index contributed by atoms with van der Waals surface area (Å²) in [6.07, 6.45) is 0. The lowest BCUT2D eigenvalue weighted by atomic mass is 10.1. The van der Waals surface area contributed by atoms with Crippen LogP contribution in [-0.2, 0) is 0 Å². The summed E-state index contributed by atoms with van der Waals surface area (Å²) in [5.41, 5.74) is 1.38. The van der Waals surface area contributed by atoms with Gasteiger partial charge in [-0.25, -0.2) is 4.39 Å². The standard InChI is InChI=1S/C16H11ClFN3O2/c1-9-19-15(21-23-9)10-3-2-4-11(7-10)16(22)20-14-6-5-12(18)8-13(14)17/h2-8H,1H3,(H,20,22). The van der Waals surface area contributed by atoms with Gasteiger partial charge in [-0.2, -0.15) is 4.98 Å². The fourth-order valence-corrected chi connectivity index (χ4v) is 2.22. The molecular weight excluding hydrogens is 321 g/mol. The van der Waals surface area contributed by atoms with Crippen LogP contribution in [0.15, 0.2) is 47.0 Å². The van der Waals surface area contributed by atoms with E-state index < -0.39 is 5.82 Å². The van der Waals surface area contributed by atoms with E-state index in [-0.39, 0.29) is 10.9 Å². The van der Waals surface area contributed by atoms with Gasteiger partial charge in [0.2, 0.25) is 11.7 Å². The van der Waals surface area contributed by atoms with Crippen molar-refractivity contribution in [2.75, 3.05) is 5.32 Å². The van der Waals surface area contributed by atoms with E-state index in [0.29, 0.717) is 28.5 Å². The Kier molecular flexibility index (Phi) is 4.08. The molecular formula is C16H11ClFN3O2. The first-order chi connectivity index (χ1) is 11.0. The number of carbonyl (C=O) groups is 1. The number of nitrogens with zero attached hydrogens (tertiary/aromatic N) is 2. The lowest BCUT2D eigenvalue weighted by Crippen LogP contribution is -2.12. The van der Waals surface area contributed by atoms with Crippen molar-refractivity contribution in [2.45, 2.75) is 6.92 Å². The second kappa shape index (κ2) is 6.18. The van der Waals surface area contributed by atoms with Gasteiger partial charge in [0.05, 0.1) is 10.7 Å². The Morgan fingerprint density at radius 1 is 1.26 bits per heavy atom. The third-order valence-corrected chi connectivity index (χ3v) is 3.40. The Balaban J connectivity index is 1.85. The van der Waals surface area contributed by atoms with Gasteiger partial charge < -0.3 is 9.84 Å². The molecule has 3 aromatic rings. The molecule has 0 saturated heterocycles. The third kappa shape index (κ3) is 3.37. The first kappa shape index (κ1) is 15.2. The minimum absolute atomic E-state index is 0.128. The average Bonchev–Trinajstić information content (AvgIpc) is 2.97. The maximum absolute atomic E-state index is 13.0. The van der Waals surface area contributed by atoms with Crippen molar-refractivity contribution in [3.05, 3.63) is 64.8 Å². The zero-order chi connectivity index (χ0) is 16.4. The minimum atomic E-state index is -0.470. The van der Waals surface area contributed by atoms with Crippen molar-refractivity contribution >= 4 is 23.2 Å². The van der Waals surface area contributed by atoms with Crippen LogP contribution in [0.4, 0.5) is 10.1 Å². The van der Waals surface area contributed by atoms with E-state index in [4.69, 9.17) is 16.1 Å². The molecule has 5 nitrogen and oxygen atoms in total. The topological polar surface area (TPSA) is 68.0 Å². The molecule has 1 aromatic heterocycles. The van der Waals surface area contributed by atoms with Crippen molar-refractivity contribution in [3.8, 4) is 11.4 Å². The van der Waals surface area contributed by atoms with E-state index in [2.05, 4.69) is 15.5 Å². The SMILES string of the molecule is Cc1nc(-c2cccc(C(=O)Nc3ccc(F)cc3Cl)c2)no1. The van der Waals surface area contributed by atoms with Crippen LogP contribution in [0.5, 0.6) is 0 Å². The lowest BCUT2D eigenvalue weighted by molar-refractivity contribution is 0.102. The minimum Gasteiger partial charge on any atom is -0.339 e. The molecule has 23 heavy (non-hydrogen) atoms. The highest BCUT2D eigenvalue weighted by molar-refractivity contribution is 6.33. The van der Waals surface area contributed by atoms with Gasteiger partial charge >= 0.3 is 0 Å². The fraction of sp³-hybridized carbons (Fsp3) is 0.0625. The van der Waals surface area contributed by atoms with Crippen molar-refractivity contribution < 1.29 is 13.7 Å². The third-order valence-electron chi connectivity index (χ3n) is 3.09. The highest BCUT2D eigenvalue weighted by Gasteiger charge is 2.12. The Labute approximate surface area is 136 Å². The summed E-state index contributed by atoms with van der Waals surface area (Å²) >= 11 is 5.90. The van der Waals surface area contributed by atoms with E-state index >= 15 is 0 Å². The number of amides is 1. The summed E-state index contributed by atoms with van der Waals surface area (Å²) in [5.74, 6) is -0.00652. The summed E-state index contributed by atoms with van der Waals surface area (Å²) in [6, 6.07) is 10.5. The van der Waals surface area contributed by atoms with Crippen LogP contribution in [0.1, 0.15) is 16.2 Å². The summed E-state index contributed by atoms with van der Waals surface area (Å²) in [4.78, 5) is 16.4. The number of aryl methyl sites for hydroxylation is 1. The van der Waals surface area contributed by atoms with Crippen LogP contribution in [0.3, 0.4) is 0 Å². The number of rotatable bonds is 3. The molecule has 0 saturated carbocycles. The van der Waals surface area contributed by atoms with E-state index in [0.717, 1.165) is 6.07 Å². The number of halogens is 2. The monoisotopic (exact) mass is 331 g/mol. The number of benzene rings is 2. The normalized spacial score (nSPS) is 10.6. The summed E-state index contributed by atoms with van der Waals surface area (Å²) < 4.78 is 18.0. The molecule has 1 heterocycles. The summed E-state index contributed by atoms with van der Waals surface area (Å²) in [7, 11) is 0. The van der Waals surface area contributed by atoms with E-state index in [1.165, 1.54) is 12.1 Å². The largest absolute Gasteiger partial charge is 0.339 e. The highest BCUT2D eigenvalue weighted by Crippen LogP contribution is 2.24. The molecule has 0 aliphatic heterocycles. The molecule has 2 aromatic carbocycles. The second-order valence-corrected chi connectivity index (χ2v) is 5.20. The molecule has 0 radical (unpaired) electrons. The molecule has 0 spiro atoms. The van der Waals surface area contributed by atoms with Crippen LogP contribution in [0, 0.1) is 12.7 Å². The van der Waals surface area contributed by atoms with Crippen molar-refractivity contribution in [1.29, 1.82) is 0 Å². The number of carbonyl (C=O) groups excluding carboxylic acids is 1.